The Morgan fingerprint density at radius 3 is 2.33 bits per heavy atom. The zero-order chi connectivity index (χ0) is 9.35. The zero-order valence-electron chi connectivity index (χ0n) is 6.51. The quantitative estimate of drug-likeness (QED) is 0.640. The molecule has 0 spiro atoms. The van der Waals surface area contributed by atoms with Gasteiger partial charge in [-0.3, -0.25) is 4.68 Å². The fourth-order valence-electron chi connectivity index (χ4n) is 0.780. The molecule has 0 N–H and O–H groups in total. The van der Waals surface area contributed by atoms with Crippen molar-refractivity contribution >= 4 is 11.8 Å². The molecule has 12 heavy (non-hydrogen) atoms. The van der Waals surface area contributed by atoms with Crippen LogP contribution in [-0.2, 0) is 13.2 Å². The van der Waals surface area contributed by atoms with Gasteiger partial charge in [-0.1, -0.05) is 0 Å². The van der Waals surface area contributed by atoms with E-state index in [1.54, 1.807) is 6.26 Å². The summed E-state index contributed by atoms with van der Waals surface area (Å²) in [4.78, 5) is 0. The minimum Gasteiger partial charge on any atom is -0.262 e. The molecule has 0 radical (unpaired) electrons. The van der Waals surface area contributed by atoms with Crippen LogP contribution in [0.25, 0.3) is 0 Å². The predicted molar refractivity (Wildman–Crippen MR) is 40.0 cm³/mol. The Morgan fingerprint density at radius 1 is 1.50 bits per heavy atom. The van der Waals surface area contributed by atoms with Gasteiger partial charge in [0.1, 0.15) is 0 Å². The Labute approximate surface area is 71.8 Å². The van der Waals surface area contributed by atoms with Crippen molar-refractivity contribution in [2.75, 3.05) is 6.26 Å². The van der Waals surface area contributed by atoms with Gasteiger partial charge in [-0.25, -0.2) is 0 Å². The predicted octanol–water partition coefficient (Wildman–Crippen LogP) is 2.16. The lowest BCUT2D eigenvalue weighted by Gasteiger charge is -1.98. The summed E-state index contributed by atoms with van der Waals surface area (Å²) in [7, 11) is 1.49. The topological polar surface area (TPSA) is 17.8 Å². The Balaban J connectivity index is 3.05. The molecule has 1 aromatic rings. The first kappa shape index (κ1) is 9.44. The van der Waals surface area contributed by atoms with Crippen LogP contribution in [0.15, 0.2) is 11.1 Å². The molecule has 0 saturated heterocycles. The summed E-state index contributed by atoms with van der Waals surface area (Å²) < 4.78 is 37.3. The maximum atomic E-state index is 12.0. The van der Waals surface area contributed by atoms with E-state index >= 15 is 0 Å². The highest BCUT2D eigenvalue weighted by Crippen LogP contribution is 2.30. The molecule has 0 aliphatic rings. The summed E-state index contributed by atoms with van der Waals surface area (Å²) in [6, 6.07) is 1.03. The average molecular weight is 196 g/mol. The van der Waals surface area contributed by atoms with Crippen LogP contribution in [0.5, 0.6) is 0 Å². The molecular formula is C6H7F3N2S. The summed E-state index contributed by atoms with van der Waals surface area (Å²) in [6.45, 7) is 0. The van der Waals surface area contributed by atoms with Gasteiger partial charge in [-0.15, -0.1) is 11.8 Å². The van der Waals surface area contributed by atoms with Crippen LogP contribution in [-0.4, -0.2) is 16.0 Å². The number of rotatable bonds is 1. The first-order valence-corrected chi connectivity index (χ1v) is 4.33. The van der Waals surface area contributed by atoms with Crippen LogP contribution in [0.3, 0.4) is 0 Å². The van der Waals surface area contributed by atoms with E-state index in [1.807, 2.05) is 0 Å². The van der Waals surface area contributed by atoms with Gasteiger partial charge >= 0.3 is 6.18 Å². The number of hydrogen-bond acceptors (Lipinski definition) is 2. The zero-order valence-corrected chi connectivity index (χ0v) is 7.33. The number of nitrogens with zero attached hydrogens (tertiary/aromatic N) is 2. The van der Waals surface area contributed by atoms with Gasteiger partial charge in [-0.2, -0.15) is 18.3 Å². The Hall–Kier alpha value is -0.650. The Morgan fingerprint density at radius 2 is 2.08 bits per heavy atom. The van der Waals surface area contributed by atoms with Gasteiger partial charge in [0, 0.05) is 13.1 Å². The normalized spacial score (nSPS) is 12.1. The second-order valence-electron chi connectivity index (χ2n) is 2.19. The molecule has 1 aromatic heterocycles. The molecule has 0 aliphatic carbocycles. The fraction of sp³-hybridized carbons (Fsp3) is 0.500. The molecule has 0 bridgehead atoms. The highest BCUT2D eigenvalue weighted by molar-refractivity contribution is 7.98. The highest BCUT2D eigenvalue weighted by Gasteiger charge is 2.34. The molecule has 0 atom stereocenters. The van der Waals surface area contributed by atoms with Crippen LogP contribution < -0.4 is 0 Å². The molecule has 6 heteroatoms. The number of alkyl halides is 3. The van der Waals surface area contributed by atoms with Crippen molar-refractivity contribution in [2.45, 2.75) is 11.2 Å². The number of thioether (sulfide) groups is 1. The third-order valence-electron chi connectivity index (χ3n) is 1.34. The van der Waals surface area contributed by atoms with Crippen molar-refractivity contribution in [1.82, 2.24) is 9.78 Å². The first-order valence-electron chi connectivity index (χ1n) is 3.10. The van der Waals surface area contributed by atoms with Gasteiger partial charge in [0.15, 0.2) is 5.69 Å². The minimum absolute atomic E-state index is 0.502. The van der Waals surface area contributed by atoms with Crippen molar-refractivity contribution in [3.05, 3.63) is 11.8 Å². The largest absolute Gasteiger partial charge is 0.435 e. The van der Waals surface area contributed by atoms with Crippen LogP contribution in [0.2, 0.25) is 0 Å². The second kappa shape index (κ2) is 3.01. The van der Waals surface area contributed by atoms with Crippen molar-refractivity contribution in [2.24, 2.45) is 7.05 Å². The number of halogens is 3. The van der Waals surface area contributed by atoms with E-state index in [2.05, 4.69) is 5.10 Å². The van der Waals surface area contributed by atoms with Gasteiger partial charge in [0.05, 0.1) is 5.03 Å². The smallest absolute Gasteiger partial charge is 0.262 e. The van der Waals surface area contributed by atoms with E-state index in [4.69, 9.17) is 0 Å². The summed E-state index contributed by atoms with van der Waals surface area (Å²) >= 11 is 1.23. The van der Waals surface area contributed by atoms with Gasteiger partial charge in [-0.05, 0) is 6.26 Å². The molecule has 0 aromatic carbocycles. The SMILES string of the molecule is CSc1cc(C(F)(F)F)nn1C. The van der Waals surface area contributed by atoms with Crippen LogP contribution in [0.4, 0.5) is 13.2 Å². The molecule has 0 fully saturated rings. The van der Waals surface area contributed by atoms with Gasteiger partial charge in [0.25, 0.3) is 0 Å². The van der Waals surface area contributed by atoms with E-state index in [0.717, 1.165) is 6.07 Å². The summed E-state index contributed by atoms with van der Waals surface area (Å²) in [5.41, 5.74) is -0.839. The lowest BCUT2D eigenvalue weighted by molar-refractivity contribution is -0.141. The van der Waals surface area contributed by atoms with Crippen LogP contribution in [0, 0.1) is 0 Å². The van der Waals surface area contributed by atoms with E-state index in [9.17, 15) is 13.2 Å². The van der Waals surface area contributed by atoms with Crippen molar-refractivity contribution in [3.8, 4) is 0 Å². The first-order chi connectivity index (χ1) is 5.45. The van der Waals surface area contributed by atoms with Crippen molar-refractivity contribution in [1.29, 1.82) is 0 Å². The molecule has 0 amide bonds. The lowest BCUT2D eigenvalue weighted by Crippen LogP contribution is -2.06. The Bertz CT molecular complexity index is 279. The van der Waals surface area contributed by atoms with E-state index in [1.165, 1.54) is 23.5 Å². The molecule has 2 nitrogen and oxygen atoms in total. The third kappa shape index (κ3) is 1.74. The maximum Gasteiger partial charge on any atom is 0.435 e. The molecule has 68 valence electrons. The van der Waals surface area contributed by atoms with E-state index in [0.29, 0.717) is 5.03 Å². The van der Waals surface area contributed by atoms with Crippen LogP contribution >= 0.6 is 11.8 Å². The lowest BCUT2D eigenvalue weighted by atomic mass is 10.4. The Kier molecular flexibility index (Phi) is 2.36. The fourth-order valence-corrected chi connectivity index (χ4v) is 1.31. The molecule has 1 heterocycles. The maximum absolute atomic E-state index is 12.0. The van der Waals surface area contributed by atoms with E-state index < -0.39 is 11.9 Å². The third-order valence-corrected chi connectivity index (χ3v) is 2.14. The van der Waals surface area contributed by atoms with Gasteiger partial charge in [0.2, 0.25) is 0 Å². The average Bonchev–Trinajstić information content (AvgIpc) is 2.29. The van der Waals surface area contributed by atoms with Crippen LogP contribution in [0.1, 0.15) is 5.69 Å². The molecule has 0 unspecified atom stereocenters. The molecule has 0 saturated carbocycles. The monoisotopic (exact) mass is 196 g/mol. The van der Waals surface area contributed by atoms with E-state index in [-0.39, 0.29) is 0 Å². The summed E-state index contributed by atoms with van der Waals surface area (Å²) in [5.74, 6) is 0. The number of aromatic nitrogens is 2. The summed E-state index contributed by atoms with van der Waals surface area (Å²) in [5, 5.41) is 3.83. The number of hydrogen-bond donors (Lipinski definition) is 0. The standard InChI is InChI=1S/C6H7F3N2S/c1-11-5(12-2)3-4(10-11)6(7,8)9/h3H,1-2H3. The molecule has 1 rings (SSSR count). The minimum atomic E-state index is -4.34. The highest BCUT2D eigenvalue weighted by atomic mass is 32.2. The summed E-state index contributed by atoms with van der Waals surface area (Å²) in [6.07, 6.45) is -2.64. The van der Waals surface area contributed by atoms with Gasteiger partial charge < -0.3 is 0 Å². The van der Waals surface area contributed by atoms with Crippen molar-refractivity contribution < 1.29 is 13.2 Å². The van der Waals surface area contributed by atoms with Crippen molar-refractivity contribution in [3.63, 3.8) is 0 Å². The number of aryl methyl sites for hydroxylation is 1. The molecular weight excluding hydrogens is 189 g/mol. The molecule has 0 aliphatic heterocycles. The second-order valence-corrected chi connectivity index (χ2v) is 3.02.